The molecule has 0 aliphatic rings. The van der Waals surface area contributed by atoms with E-state index < -0.39 is 0 Å². The van der Waals surface area contributed by atoms with Gasteiger partial charge in [-0.2, -0.15) is 0 Å². The summed E-state index contributed by atoms with van der Waals surface area (Å²) < 4.78 is 13.0. The van der Waals surface area contributed by atoms with Crippen LogP contribution in [0.4, 0.5) is 10.1 Å². The molecule has 0 saturated heterocycles. The van der Waals surface area contributed by atoms with E-state index in [0.29, 0.717) is 5.69 Å². The number of hydrogen-bond acceptors (Lipinski definition) is 3. The summed E-state index contributed by atoms with van der Waals surface area (Å²) in [5.74, 6) is -0.305. The van der Waals surface area contributed by atoms with Crippen molar-refractivity contribution in [2.45, 2.75) is 16.3 Å². The normalized spacial score (nSPS) is 10.6. The van der Waals surface area contributed by atoms with Crippen molar-refractivity contribution in [3.05, 3.63) is 53.8 Å². The molecule has 4 heteroatoms. The molecular weight excluding hydrogens is 247 g/mol. The van der Waals surface area contributed by atoms with Gasteiger partial charge in [0, 0.05) is 22.0 Å². The Morgan fingerprint density at radius 3 is 2.67 bits per heavy atom. The SMILES string of the molecule is CNCc1ccccc1Sc1ccc(F)cc1N. The summed E-state index contributed by atoms with van der Waals surface area (Å²) >= 11 is 1.56. The molecular formula is C14H15FN2S. The van der Waals surface area contributed by atoms with E-state index >= 15 is 0 Å². The van der Waals surface area contributed by atoms with Crippen molar-refractivity contribution in [3.63, 3.8) is 0 Å². The Morgan fingerprint density at radius 2 is 1.94 bits per heavy atom. The monoisotopic (exact) mass is 262 g/mol. The van der Waals surface area contributed by atoms with Gasteiger partial charge in [-0.1, -0.05) is 30.0 Å². The van der Waals surface area contributed by atoms with Gasteiger partial charge in [-0.05, 0) is 36.9 Å². The fourth-order valence-electron chi connectivity index (χ4n) is 1.67. The molecule has 0 spiro atoms. The van der Waals surface area contributed by atoms with Crippen LogP contribution in [0.1, 0.15) is 5.56 Å². The van der Waals surface area contributed by atoms with E-state index in [1.807, 2.05) is 25.2 Å². The summed E-state index contributed by atoms with van der Waals surface area (Å²) in [5, 5.41) is 3.13. The third kappa shape index (κ3) is 3.03. The second-order valence-electron chi connectivity index (χ2n) is 3.92. The second-order valence-corrected chi connectivity index (χ2v) is 5.01. The first-order valence-corrected chi connectivity index (χ1v) is 6.47. The molecule has 0 bridgehead atoms. The Hall–Kier alpha value is -1.52. The zero-order chi connectivity index (χ0) is 13.0. The maximum atomic E-state index is 13.0. The summed E-state index contributed by atoms with van der Waals surface area (Å²) in [6, 6.07) is 12.6. The number of halogens is 1. The summed E-state index contributed by atoms with van der Waals surface area (Å²) in [4.78, 5) is 2.00. The molecule has 0 heterocycles. The van der Waals surface area contributed by atoms with Crippen LogP contribution in [0.5, 0.6) is 0 Å². The maximum Gasteiger partial charge on any atom is 0.125 e. The Kier molecular flexibility index (Phi) is 4.23. The van der Waals surface area contributed by atoms with Crippen LogP contribution < -0.4 is 11.1 Å². The van der Waals surface area contributed by atoms with Gasteiger partial charge in [-0.25, -0.2) is 4.39 Å². The molecule has 2 rings (SSSR count). The average Bonchev–Trinajstić information content (AvgIpc) is 2.35. The third-order valence-electron chi connectivity index (χ3n) is 2.53. The van der Waals surface area contributed by atoms with E-state index in [-0.39, 0.29) is 5.82 Å². The Labute approximate surface area is 110 Å². The lowest BCUT2D eigenvalue weighted by molar-refractivity contribution is 0.627. The van der Waals surface area contributed by atoms with Crippen molar-refractivity contribution >= 4 is 17.4 Å². The molecule has 94 valence electrons. The molecule has 0 atom stereocenters. The molecule has 0 fully saturated rings. The number of benzene rings is 2. The number of anilines is 1. The minimum atomic E-state index is -0.305. The molecule has 2 aromatic rings. The van der Waals surface area contributed by atoms with Crippen molar-refractivity contribution in [2.24, 2.45) is 0 Å². The van der Waals surface area contributed by atoms with Crippen LogP contribution in [-0.4, -0.2) is 7.05 Å². The van der Waals surface area contributed by atoms with E-state index in [0.717, 1.165) is 16.3 Å². The minimum absolute atomic E-state index is 0.305. The largest absolute Gasteiger partial charge is 0.398 e. The number of nitrogens with two attached hydrogens (primary N) is 1. The molecule has 0 unspecified atom stereocenters. The Morgan fingerprint density at radius 1 is 1.17 bits per heavy atom. The van der Waals surface area contributed by atoms with E-state index in [1.165, 1.54) is 17.7 Å². The first kappa shape index (κ1) is 12.9. The van der Waals surface area contributed by atoms with Crippen molar-refractivity contribution in [3.8, 4) is 0 Å². The lowest BCUT2D eigenvalue weighted by Gasteiger charge is -2.10. The van der Waals surface area contributed by atoms with Crippen LogP contribution >= 0.6 is 11.8 Å². The summed E-state index contributed by atoms with van der Waals surface area (Å²) in [6.45, 7) is 0.796. The molecule has 0 radical (unpaired) electrons. The first-order chi connectivity index (χ1) is 8.70. The van der Waals surface area contributed by atoms with Gasteiger partial charge < -0.3 is 11.1 Å². The summed E-state index contributed by atoms with van der Waals surface area (Å²) in [7, 11) is 1.91. The predicted molar refractivity (Wildman–Crippen MR) is 74.1 cm³/mol. The zero-order valence-corrected chi connectivity index (χ0v) is 10.9. The van der Waals surface area contributed by atoms with Crippen LogP contribution in [0.3, 0.4) is 0 Å². The van der Waals surface area contributed by atoms with Gasteiger partial charge in [0.25, 0.3) is 0 Å². The van der Waals surface area contributed by atoms with Crippen molar-refractivity contribution in [2.75, 3.05) is 12.8 Å². The highest BCUT2D eigenvalue weighted by Gasteiger charge is 2.06. The van der Waals surface area contributed by atoms with Crippen molar-refractivity contribution < 1.29 is 4.39 Å². The Balaban J connectivity index is 2.28. The van der Waals surface area contributed by atoms with Gasteiger partial charge >= 0.3 is 0 Å². The fourth-order valence-corrected chi connectivity index (χ4v) is 2.64. The van der Waals surface area contributed by atoms with Gasteiger partial charge in [-0.3, -0.25) is 0 Å². The molecule has 0 aromatic heterocycles. The van der Waals surface area contributed by atoms with Gasteiger partial charge in [0.1, 0.15) is 5.82 Å². The first-order valence-electron chi connectivity index (χ1n) is 5.66. The second kappa shape index (κ2) is 5.89. The topological polar surface area (TPSA) is 38.0 Å². The standard InChI is InChI=1S/C14H15FN2S/c1-17-9-10-4-2-3-5-13(10)18-14-7-6-11(15)8-12(14)16/h2-8,17H,9,16H2,1H3. The van der Waals surface area contributed by atoms with E-state index in [4.69, 9.17) is 5.73 Å². The molecule has 2 aromatic carbocycles. The van der Waals surface area contributed by atoms with Crippen LogP contribution in [0.2, 0.25) is 0 Å². The molecule has 0 aliphatic carbocycles. The molecule has 0 amide bonds. The molecule has 18 heavy (non-hydrogen) atoms. The molecule has 2 nitrogen and oxygen atoms in total. The number of hydrogen-bond donors (Lipinski definition) is 2. The minimum Gasteiger partial charge on any atom is -0.398 e. The van der Waals surface area contributed by atoms with Crippen LogP contribution in [-0.2, 0) is 6.54 Å². The van der Waals surface area contributed by atoms with Crippen molar-refractivity contribution in [1.82, 2.24) is 5.32 Å². The summed E-state index contributed by atoms with van der Waals surface area (Å²) in [5.41, 5.74) is 7.49. The highest BCUT2D eigenvalue weighted by molar-refractivity contribution is 7.99. The number of nitrogen functional groups attached to an aromatic ring is 1. The number of rotatable bonds is 4. The van der Waals surface area contributed by atoms with Crippen LogP contribution in [0.15, 0.2) is 52.3 Å². The smallest absolute Gasteiger partial charge is 0.125 e. The highest BCUT2D eigenvalue weighted by atomic mass is 32.2. The fraction of sp³-hybridized carbons (Fsp3) is 0.143. The predicted octanol–water partition coefficient (Wildman–Crippen LogP) is 3.28. The highest BCUT2D eigenvalue weighted by Crippen LogP contribution is 2.34. The van der Waals surface area contributed by atoms with Gasteiger partial charge in [-0.15, -0.1) is 0 Å². The lowest BCUT2D eigenvalue weighted by atomic mass is 10.2. The molecule has 0 saturated carbocycles. The lowest BCUT2D eigenvalue weighted by Crippen LogP contribution is -2.05. The van der Waals surface area contributed by atoms with Gasteiger partial charge in [0.15, 0.2) is 0 Å². The third-order valence-corrected chi connectivity index (χ3v) is 3.74. The number of nitrogens with one attached hydrogen (secondary N) is 1. The Bertz CT molecular complexity index is 543. The van der Waals surface area contributed by atoms with E-state index in [1.54, 1.807) is 17.8 Å². The van der Waals surface area contributed by atoms with Gasteiger partial charge in [0.05, 0.1) is 0 Å². The quantitative estimate of drug-likeness (QED) is 0.830. The van der Waals surface area contributed by atoms with Gasteiger partial charge in [0.2, 0.25) is 0 Å². The zero-order valence-electron chi connectivity index (χ0n) is 10.1. The molecule has 3 N–H and O–H groups in total. The molecule has 0 aliphatic heterocycles. The summed E-state index contributed by atoms with van der Waals surface area (Å²) in [6.07, 6.45) is 0. The van der Waals surface area contributed by atoms with Crippen LogP contribution in [0, 0.1) is 5.82 Å². The van der Waals surface area contributed by atoms with Crippen molar-refractivity contribution in [1.29, 1.82) is 0 Å². The van der Waals surface area contributed by atoms with Crippen LogP contribution in [0.25, 0.3) is 0 Å². The maximum absolute atomic E-state index is 13.0. The average molecular weight is 262 g/mol. The van der Waals surface area contributed by atoms with E-state index in [9.17, 15) is 4.39 Å². The van der Waals surface area contributed by atoms with E-state index in [2.05, 4.69) is 11.4 Å².